The van der Waals surface area contributed by atoms with Crippen LogP contribution in [0.4, 0.5) is 5.69 Å². The highest BCUT2D eigenvalue weighted by molar-refractivity contribution is 5.95. The molecule has 7 nitrogen and oxygen atoms in total. The van der Waals surface area contributed by atoms with E-state index in [0.29, 0.717) is 17.8 Å². The van der Waals surface area contributed by atoms with Gasteiger partial charge in [0.25, 0.3) is 11.8 Å². The minimum atomic E-state index is -0.602. The van der Waals surface area contributed by atoms with E-state index in [1.54, 1.807) is 12.1 Å². The quantitative estimate of drug-likeness (QED) is 0.446. The van der Waals surface area contributed by atoms with Crippen LogP contribution in [0.25, 0.3) is 0 Å². The van der Waals surface area contributed by atoms with Crippen molar-refractivity contribution in [3.05, 3.63) is 23.8 Å². The fourth-order valence-electron chi connectivity index (χ4n) is 1.81. The molecular weight excluding hydrogens is 284 g/mol. The van der Waals surface area contributed by atoms with Crippen LogP contribution in [-0.2, 0) is 4.79 Å². The number of ether oxygens (including phenoxy) is 1. The van der Waals surface area contributed by atoms with Gasteiger partial charge >= 0.3 is 0 Å². The van der Waals surface area contributed by atoms with Crippen molar-refractivity contribution in [1.29, 1.82) is 0 Å². The van der Waals surface area contributed by atoms with Gasteiger partial charge in [-0.2, -0.15) is 0 Å². The molecule has 0 unspecified atom stereocenters. The molecule has 0 spiro atoms. The van der Waals surface area contributed by atoms with Crippen molar-refractivity contribution in [3.63, 3.8) is 0 Å². The molecule has 0 atom stereocenters. The molecule has 5 N–H and O–H groups in total. The van der Waals surface area contributed by atoms with Crippen LogP contribution in [0, 0.1) is 0 Å². The van der Waals surface area contributed by atoms with Gasteiger partial charge in [0, 0.05) is 12.1 Å². The minimum Gasteiger partial charge on any atom is -0.482 e. The number of amides is 2. The highest BCUT2D eigenvalue weighted by Crippen LogP contribution is 2.22. The van der Waals surface area contributed by atoms with Gasteiger partial charge in [-0.05, 0) is 51.7 Å². The molecule has 22 heavy (non-hydrogen) atoms. The van der Waals surface area contributed by atoms with E-state index in [1.165, 1.54) is 6.07 Å². The van der Waals surface area contributed by atoms with E-state index < -0.39 is 5.91 Å². The van der Waals surface area contributed by atoms with Crippen LogP contribution in [0.1, 0.15) is 23.2 Å². The first kappa shape index (κ1) is 17.8. The Morgan fingerprint density at radius 1 is 1.27 bits per heavy atom. The normalized spacial score (nSPS) is 10.5. The summed E-state index contributed by atoms with van der Waals surface area (Å²) in [5, 5.41) is 2.84. The molecular formula is C15H24N4O3. The van der Waals surface area contributed by atoms with Gasteiger partial charge in [-0.15, -0.1) is 0 Å². The lowest BCUT2D eigenvalue weighted by molar-refractivity contribution is -0.119. The van der Waals surface area contributed by atoms with Crippen molar-refractivity contribution >= 4 is 17.5 Å². The number of hydrogen-bond acceptors (Lipinski definition) is 5. The predicted molar refractivity (Wildman–Crippen MR) is 85.7 cm³/mol. The number of carbonyl (C=O) groups is 2. The Bertz CT molecular complexity index is 518. The number of rotatable bonds is 9. The Morgan fingerprint density at radius 2 is 2.00 bits per heavy atom. The first-order valence-electron chi connectivity index (χ1n) is 7.13. The summed E-state index contributed by atoms with van der Waals surface area (Å²) in [4.78, 5) is 24.9. The molecule has 1 aromatic rings. The minimum absolute atomic E-state index is 0.200. The molecule has 1 rings (SSSR count). The second-order valence-electron chi connectivity index (χ2n) is 5.27. The molecule has 7 heteroatoms. The van der Waals surface area contributed by atoms with Crippen LogP contribution in [-0.4, -0.2) is 50.5 Å². The predicted octanol–water partition coefficient (Wildman–Crippen LogP) is 0.205. The Morgan fingerprint density at radius 3 is 2.64 bits per heavy atom. The molecule has 0 saturated carbocycles. The lowest BCUT2D eigenvalue weighted by atomic mass is 10.1. The Balaban J connectivity index is 2.51. The Labute approximate surface area is 130 Å². The summed E-state index contributed by atoms with van der Waals surface area (Å²) >= 11 is 0. The fourth-order valence-corrected chi connectivity index (χ4v) is 1.81. The van der Waals surface area contributed by atoms with Crippen molar-refractivity contribution in [2.45, 2.75) is 12.8 Å². The van der Waals surface area contributed by atoms with Crippen LogP contribution in [0.15, 0.2) is 18.2 Å². The second kappa shape index (κ2) is 8.89. The number of anilines is 1. The summed E-state index contributed by atoms with van der Waals surface area (Å²) in [7, 11) is 4.03. The zero-order valence-electron chi connectivity index (χ0n) is 13.1. The molecule has 0 aliphatic rings. The lowest BCUT2D eigenvalue weighted by Gasteiger charge is -2.11. The summed E-state index contributed by atoms with van der Waals surface area (Å²) in [6.07, 6.45) is 1.92. The molecule has 2 amide bonds. The van der Waals surface area contributed by atoms with Gasteiger partial charge in [-0.3, -0.25) is 9.59 Å². The van der Waals surface area contributed by atoms with Crippen LogP contribution in [0.5, 0.6) is 5.75 Å². The largest absolute Gasteiger partial charge is 0.482 e. The van der Waals surface area contributed by atoms with Gasteiger partial charge in [-0.25, -0.2) is 0 Å². The van der Waals surface area contributed by atoms with Crippen LogP contribution in [0.3, 0.4) is 0 Å². The van der Waals surface area contributed by atoms with Crippen molar-refractivity contribution in [1.82, 2.24) is 10.2 Å². The summed E-state index contributed by atoms with van der Waals surface area (Å²) in [5.41, 5.74) is 11.5. The third-order valence-electron chi connectivity index (χ3n) is 2.96. The molecule has 0 aliphatic carbocycles. The Kier molecular flexibility index (Phi) is 7.18. The maximum Gasteiger partial charge on any atom is 0.255 e. The van der Waals surface area contributed by atoms with E-state index in [0.717, 1.165) is 19.4 Å². The van der Waals surface area contributed by atoms with Crippen LogP contribution in [0.2, 0.25) is 0 Å². The van der Waals surface area contributed by atoms with Gasteiger partial charge in [0.2, 0.25) is 0 Å². The first-order valence-corrected chi connectivity index (χ1v) is 7.13. The Hall–Kier alpha value is -2.28. The maximum atomic E-state index is 12.0. The molecule has 122 valence electrons. The first-order chi connectivity index (χ1) is 10.4. The van der Waals surface area contributed by atoms with Crippen molar-refractivity contribution in [3.8, 4) is 5.75 Å². The van der Waals surface area contributed by atoms with Crippen molar-refractivity contribution in [2.24, 2.45) is 5.73 Å². The number of nitrogens with one attached hydrogen (secondary N) is 1. The summed E-state index contributed by atoms with van der Waals surface area (Å²) in [6.45, 7) is 1.32. The molecule has 0 bridgehead atoms. The number of unbranched alkanes of at least 4 members (excludes halogenated alkanes) is 1. The number of nitrogens with two attached hydrogens (primary N) is 2. The molecule has 0 aliphatic heterocycles. The highest BCUT2D eigenvalue weighted by Gasteiger charge is 2.09. The zero-order chi connectivity index (χ0) is 16.5. The number of primary amides is 1. The number of nitrogen functional groups attached to an aromatic ring is 1. The number of carbonyl (C=O) groups excluding carboxylic acids is 2. The van der Waals surface area contributed by atoms with E-state index in [1.807, 2.05) is 14.1 Å². The van der Waals surface area contributed by atoms with E-state index >= 15 is 0 Å². The SMILES string of the molecule is CN(C)CCCCNC(=O)c1ccc(N)c(OCC(N)=O)c1. The molecule has 0 aromatic heterocycles. The molecule has 0 saturated heterocycles. The summed E-state index contributed by atoms with van der Waals surface area (Å²) < 4.78 is 5.17. The van der Waals surface area contributed by atoms with E-state index in [9.17, 15) is 9.59 Å². The van der Waals surface area contributed by atoms with Gasteiger partial charge in [-0.1, -0.05) is 0 Å². The van der Waals surface area contributed by atoms with Crippen LogP contribution < -0.4 is 21.5 Å². The van der Waals surface area contributed by atoms with E-state index in [-0.39, 0.29) is 18.3 Å². The van der Waals surface area contributed by atoms with E-state index in [2.05, 4.69) is 10.2 Å². The maximum absolute atomic E-state index is 12.0. The van der Waals surface area contributed by atoms with Crippen molar-refractivity contribution < 1.29 is 14.3 Å². The monoisotopic (exact) mass is 308 g/mol. The van der Waals surface area contributed by atoms with Gasteiger partial charge in [0.05, 0.1) is 5.69 Å². The highest BCUT2D eigenvalue weighted by atomic mass is 16.5. The number of nitrogens with zero attached hydrogens (tertiary/aromatic N) is 1. The zero-order valence-corrected chi connectivity index (χ0v) is 13.1. The van der Waals surface area contributed by atoms with Gasteiger partial charge in [0.15, 0.2) is 6.61 Å². The lowest BCUT2D eigenvalue weighted by Crippen LogP contribution is -2.25. The fraction of sp³-hybridized carbons (Fsp3) is 0.467. The second-order valence-corrected chi connectivity index (χ2v) is 5.27. The molecule has 0 fully saturated rings. The average Bonchev–Trinajstić information content (AvgIpc) is 2.45. The van der Waals surface area contributed by atoms with Gasteiger partial charge in [0.1, 0.15) is 5.75 Å². The summed E-state index contributed by atoms with van der Waals surface area (Å²) in [5.74, 6) is -0.525. The molecule has 1 aromatic carbocycles. The third-order valence-corrected chi connectivity index (χ3v) is 2.96. The smallest absolute Gasteiger partial charge is 0.255 e. The number of hydrogen-bond donors (Lipinski definition) is 3. The average molecular weight is 308 g/mol. The van der Waals surface area contributed by atoms with Gasteiger partial charge < -0.3 is 26.4 Å². The summed E-state index contributed by atoms with van der Waals surface area (Å²) in [6, 6.07) is 4.69. The van der Waals surface area contributed by atoms with E-state index in [4.69, 9.17) is 16.2 Å². The third kappa shape index (κ3) is 6.45. The molecule has 0 heterocycles. The number of benzene rings is 1. The van der Waals surface area contributed by atoms with Crippen molar-refractivity contribution in [2.75, 3.05) is 39.5 Å². The molecule has 0 radical (unpaired) electrons. The van der Waals surface area contributed by atoms with Crippen LogP contribution >= 0.6 is 0 Å². The standard InChI is InChI=1S/C15H24N4O3/c1-19(2)8-4-3-7-18-15(21)11-5-6-12(16)13(9-11)22-10-14(17)20/h5-6,9H,3-4,7-8,10,16H2,1-2H3,(H2,17,20)(H,18,21). The topological polar surface area (TPSA) is 111 Å².